The van der Waals surface area contributed by atoms with Gasteiger partial charge in [0, 0.05) is 5.75 Å². The van der Waals surface area contributed by atoms with Gasteiger partial charge < -0.3 is 9.84 Å². The minimum absolute atomic E-state index is 0.0583. The summed E-state index contributed by atoms with van der Waals surface area (Å²) >= 11 is 1.50. The maximum atomic E-state index is 11.3. The molecule has 1 N–H and O–H groups in total. The van der Waals surface area contributed by atoms with Crippen molar-refractivity contribution in [1.29, 1.82) is 0 Å². The molecule has 1 saturated carbocycles. The minimum atomic E-state index is -0.748. The third-order valence-electron chi connectivity index (χ3n) is 2.74. The van der Waals surface area contributed by atoms with Gasteiger partial charge in [0.25, 0.3) is 0 Å². The number of carbonyl (C=O) groups excluding carboxylic acids is 1. The first-order valence-electron chi connectivity index (χ1n) is 5.49. The zero-order valence-corrected chi connectivity index (χ0v) is 10.5. The lowest BCUT2D eigenvalue weighted by Gasteiger charge is -2.15. The second-order valence-corrected chi connectivity index (χ2v) is 5.60. The average molecular weight is 246 g/mol. The van der Waals surface area contributed by atoms with Gasteiger partial charge in [0.05, 0.1) is 18.3 Å². The average Bonchev–Trinajstić information content (AvgIpc) is 2.94. The molecule has 1 unspecified atom stereocenters. The number of ether oxygens (including phenoxy) is 1. The maximum Gasteiger partial charge on any atom is 0.318 e. The molecule has 1 rings (SSSR count). The van der Waals surface area contributed by atoms with E-state index in [1.54, 1.807) is 13.8 Å². The van der Waals surface area contributed by atoms with E-state index in [0.717, 1.165) is 18.6 Å². The fourth-order valence-electron chi connectivity index (χ4n) is 1.50. The Hall–Kier alpha value is -0.710. The summed E-state index contributed by atoms with van der Waals surface area (Å²) < 4.78 is 4.89. The van der Waals surface area contributed by atoms with Gasteiger partial charge in [0.15, 0.2) is 0 Å². The van der Waals surface area contributed by atoms with Gasteiger partial charge in [-0.05, 0) is 32.1 Å². The highest BCUT2D eigenvalue weighted by atomic mass is 32.2. The molecular formula is C11H18O4S. The molecule has 0 saturated heterocycles. The highest BCUT2D eigenvalue weighted by Crippen LogP contribution is 2.51. The fourth-order valence-corrected chi connectivity index (χ4v) is 2.70. The van der Waals surface area contributed by atoms with E-state index >= 15 is 0 Å². The Morgan fingerprint density at radius 1 is 1.50 bits per heavy atom. The summed E-state index contributed by atoms with van der Waals surface area (Å²) in [4.78, 5) is 22.0. The Balaban J connectivity index is 2.28. The largest absolute Gasteiger partial charge is 0.481 e. The van der Waals surface area contributed by atoms with E-state index in [4.69, 9.17) is 9.84 Å². The molecule has 0 amide bonds. The summed E-state index contributed by atoms with van der Waals surface area (Å²) in [5, 5.41) is 8.54. The van der Waals surface area contributed by atoms with E-state index in [1.165, 1.54) is 11.8 Å². The molecule has 92 valence electrons. The van der Waals surface area contributed by atoms with Crippen molar-refractivity contribution in [2.24, 2.45) is 5.41 Å². The minimum Gasteiger partial charge on any atom is -0.481 e. The van der Waals surface area contributed by atoms with Crippen LogP contribution in [0.4, 0.5) is 0 Å². The predicted molar refractivity (Wildman–Crippen MR) is 62.5 cm³/mol. The van der Waals surface area contributed by atoms with Gasteiger partial charge in [-0.25, -0.2) is 0 Å². The van der Waals surface area contributed by atoms with Crippen LogP contribution in [0, 0.1) is 5.41 Å². The first-order chi connectivity index (χ1) is 7.49. The van der Waals surface area contributed by atoms with Crippen LogP contribution < -0.4 is 0 Å². The van der Waals surface area contributed by atoms with Gasteiger partial charge in [-0.3, -0.25) is 9.59 Å². The molecule has 1 aliphatic carbocycles. The van der Waals surface area contributed by atoms with Crippen LogP contribution in [0.3, 0.4) is 0 Å². The van der Waals surface area contributed by atoms with Crippen molar-refractivity contribution in [3.63, 3.8) is 0 Å². The SMILES string of the molecule is CCOC(=O)C(C)SCC1(CC(=O)O)CC1. The van der Waals surface area contributed by atoms with Gasteiger partial charge >= 0.3 is 11.9 Å². The van der Waals surface area contributed by atoms with Crippen molar-refractivity contribution < 1.29 is 19.4 Å². The molecule has 1 aliphatic rings. The quantitative estimate of drug-likeness (QED) is 0.695. The number of carboxylic acid groups (broad SMARTS) is 1. The number of aliphatic carboxylic acids is 1. The topological polar surface area (TPSA) is 63.6 Å². The number of esters is 1. The maximum absolute atomic E-state index is 11.3. The molecule has 1 fully saturated rings. The Kier molecular flexibility index (Phi) is 4.65. The molecular weight excluding hydrogens is 228 g/mol. The number of hydrogen-bond donors (Lipinski definition) is 1. The molecule has 0 spiro atoms. The van der Waals surface area contributed by atoms with Gasteiger partial charge in [0.2, 0.25) is 0 Å². The zero-order chi connectivity index (χ0) is 12.2. The monoisotopic (exact) mass is 246 g/mol. The van der Waals surface area contributed by atoms with E-state index in [0.29, 0.717) is 6.61 Å². The van der Waals surface area contributed by atoms with Gasteiger partial charge in [-0.1, -0.05) is 0 Å². The first-order valence-corrected chi connectivity index (χ1v) is 6.54. The normalized spacial score (nSPS) is 18.9. The van der Waals surface area contributed by atoms with Crippen LogP contribution in [0.2, 0.25) is 0 Å². The van der Waals surface area contributed by atoms with Crippen molar-refractivity contribution in [2.75, 3.05) is 12.4 Å². The van der Waals surface area contributed by atoms with Crippen LogP contribution >= 0.6 is 11.8 Å². The number of thioether (sulfide) groups is 1. The summed E-state index contributed by atoms with van der Waals surface area (Å²) in [7, 11) is 0. The van der Waals surface area contributed by atoms with Crippen molar-refractivity contribution in [2.45, 2.75) is 38.4 Å². The summed E-state index contributed by atoms with van der Waals surface area (Å²) in [5.74, 6) is -0.222. The molecule has 0 aliphatic heterocycles. The smallest absolute Gasteiger partial charge is 0.318 e. The third-order valence-corrected chi connectivity index (χ3v) is 4.21. The van der Waals surface area contributed by atoms with E-state index in [1.807, 2.05) is 0 Å². The van der Waals surface area contributed by atoms with E-state index in [9.17, 15) is 9.59 Å². The Morgan fingerprint density at radius 3 is 2.56 bits per heavy atom. The lowest BCUT2D eigenvalue weighted by molar-refractivity contribution is -0.142. The third kappa shape index (κ3) is 4.04. The van der Waals surface area contributed by atoms with E-state index < -0.39 is 5.97 Å². The predicted octanol–water partition coefficient (Wildman–Crippen LogP) is 1.93. The van der Waals surface area contributed by atoms with Crippen molar-refractivity contribution in [3.8, 4) is 0 Å². The van der Waals surface area contributed by atoms with Crippen LogP contribution in [0.25, 0.3) is 0 Å². The summed E-state index contributed by atoms with van der Waals surface area (Å²) in [6.45, 7) is 3.98. The zero-order valence-electron chi connectivity index (χ0n) is 9.69. The van der Waals surface area contributed by atoms with Crippen molar-refractivity contribution in [3.05, 3.63) is 0 Å². The number of carboxylic acids is 1. The van der Waals surface area contributed by atoms with E-state index in [-0.39, 0.29) is 23.1 Å². The van der Waals surface area contributed by atoms with Crippen molar-refractivity contribution in [1.82, 2.24) is 0 Å². The molecule has 0 radical (unpaired) electrons. The Labute approximate surface area is 99.7 Å². The van der Waals surface area contributed by atoms with Crippen LogP contribution in [0.5, 0.6) is 0 Å². The number of hydrogen-bond acceptors (Lipinski definition) is 4. The van der Waals surface area contributed by atoms with E-state index in [2.05, 4.69) is 0 Å². The molecule has 0 bridgehead atoms. The van der Waals surface area contributed by atoms with Crippen LogP contribution in [-0.2, 0) is 14.3 Å². The highest BCUT2D eigenvalue weighted by molar-refractivity contribution is 8.00. The Morgan fingerprint density at radius 2 is 2.12 bits per heavy atom. The molecule has 0 aromatic rings. The van der Waals surface area contributed by atoms with Gasteiger partial charge in [-0.15, -0.1) is 11.8 Å². The van der Waals surface area contributed by atoms with Crippen LogP contribution in [0.1, 0.15) is 33.1 Å². The highest BCUT2D eigenvalue weighted by Gasteiger charge is 2.44. The van der Waals surface area contributed by atoms with Gasteiger partial charge in [-0.2, -0.15) is 0 Å². The molecule has 0 aromatic heterocycles. The molecule has 0 heterocycles. The second-order valence-electron chi connectivity index (χ2n) is 4.28. The lowest BCUT2D eigenvalue weighted by atomic mass is 10.1. The van der Waals surface area contributed by atoms with Crippen LogP contribution in [0.15, 0.2) is 0 Å². The molecule has 4 nitrogen and oxygen atoms in total. The molecule has 5 heteroatoms. The summed E-state index contributed by atoms with van der Waals surface area (Å²) in [6.07, 6.45) is 2.14. The van der Waals surface area contributed by atoms with Gasteiger partial charge in [0.1, 0.15) is 0 Å². The molecule has 0 aromatic carbocycles. The Bertz CT molecular complexity index is 273. The van der Waals surface area contributed by atoms with Crippen LogP contribution in [-0.4, -0.2) is 34.7 Å². The standard InChI is InChI=1S/C11H18O4S/c1-3-15-10(14)8(2)16-7-11(4-5-11)6-9(12)13/h8H,3-7H2,1-2H3,(H,12,13). The second kappa shape index (κ2) is 5.57. The number of rotatable bonds is 7. The molecule has 16 heavy (non-hydrogen) atoms. The summed E-state index contributed by atoms with van der Waals surface area (Å²) in [5.41, 5.74) is -0.0583. The fraction of sp³-hybridized carbons (Fsp3) is 0.818. The summed E-state index contributed by atoms with van der Waals surface area (Å²) in [6, 6.07) is 0. The molecule has 1 atom stereocenters. The van der Waals surface area contributed by atoms with Crippen molar-refractivity contribution >= 4 is 23.7 Å². The number of carbonyl (C=O) groups is 2. The first kappa shape index (κ1) is 13.4. The lowest BCUT2D eigenvalue weighted by Crippen LogP contribution is -2.20.